The number of aromatic amines is 1. The number of rotatable bonds is 5. The lowest BCUT2D eigenvalue weighted by Crippen LogP contribution is -2.45. The molecule has 21 heavy (non-hydrogen) atoms. The molecule has 0 aliphatic heterocycles. The number of amides is 1. The number of nitrogens with one attached hydrogen (secondary N) is 2. The van der Waals surface area contributed by atoms with Crippen molar-refractivity contribution in [1.29, 1.82) is 0 Å². The molecule has 1 aromatic heterocycles. The van der Waals surface area contributed by atoms with Gasteiger partial charge in [0.05, 0.1) is 6.42 Å². The summed E-state index contributed by atoms with van der Waals surface area (Å²) in [4.78, 5) is 29.9. The molecular weight excluding hydrogens is 270 g/mol. The number of aliphatic hydroxyl groups excluding tert-OH is 1. The third kappa shape index (κ3) is 4.97. The Kier molecular flexibility index (Phi) is 5.66. The van der Waals surface area contributed by atoms with E-state index >= 15 is 0 Å². The minimum absolute atomic E-state index is 0.0283. The standard InChI is InChI=1S/C15H25N3O3/c1-9-11(10(2)17-14(21)16-9)8-13(20)18-12(6-7-19)15(3,4)5/h12,19H,6-8H2,1-5H3,(H,18,20)(H,16,17,21). The van der Waals surface area contributed by atoms with Gasteiger partial charge < -0.3 is 15.4 Å². The van der Waals surface area contributed by atoms with Crippen molar-refractivity contribution in [2.75, 3.05) is 6.61 Å². The fraction of sp³-hybridized carbons (Fsp3) is 0.667. The number of hydrogen-bond donors (Lipinski definition) is 3. The molecule has 1 unspecified atom stereocenters. The van der Waals surface area contributed by atoms with Gasteiger partial charge in [-0.3, -0.25) is 4.79 Å². The highest BCUT2D eigenvalue weighted by Gasteiger charge is 2.26. The average molecular weight is 295 g/mol. The van der Waals surface area contributed by atoms with Crippen molar-refractivity contribution in [3.63, 3.8) is 0 Å². The van der Waals surface area contributed by atoms with Crippen molar-refractivity contribution in [1.82, 2.24) is 15.3 Å². The molecule has 1 aromatic rings. The van der Waals surface area contributed by atoms with E-state index in [2.05, 4.69) is 15.3 Å². The summed E-state index contributed by atoms with van der Waals surface area (Å²) in [7, 11) is 0. The number of aliphatic hydroxyl groups is 1. The van der Waals surface area contributed by atoms with Crippen LogP contribution in [0, 0.1) is 19.3 Å². The Bertz CT molecular complexity index is 532. The van der Waals surface area contributed by atoms with E-state index in [9.17, 15) is 9.59 Å². The fourth-order valence-corrected chi connectivity index (χ4v) is 2.27. The molecule has 1 rings (SSSR count). The molecule has 0 aliphatic rings. The van der Waals surface area contributed by atoms with E-state index in [4.69, 9.17) is 5.11 Å². The molecule has 0 radical (unpaired) electrons. The first kappa shape index (κ1) is 17.4. The van der Waals surface area contributed by atoms with Crippen LogP contribution in [-0.4, -0.2) is 33.6 Å². The quantitative estimate of drug-likeness (QED) is 0.750. The summed E-state index contributed by atoms with van der Waals surface area (Å²) in [6.07, 6.45) is 0.677. The Morgan fingerprint density at radius 2 is 2.00 bits per heavy atom. The van der Waals surface area contributed by atoms with Crippen molar-refractivity contribution >= 4 is 5.91 Å². The van der Waals surface area contributed by atoms with E-state index in [0.29, 0.717) is 17.8 Å². The van der Waals surface area contributed by atoms with E-state index in [1.807, 2.05) is 20.8 Å². The fourth-order valence-electron chi connectivity index (χ4n) is 2.27. The Morgan fingerprint density at radius 1 is 1.38 bits per heavy atom. The number of H-pyrrole nitrogens is 1. The molecule has 0 aliphatic carbocycles. The van der Waals surface area contributed by atoms with Gasteiger partial charge in [-0.15, -0.1) is 0 Å². The summed E-state index contributed by atoms with van der Waals surface area (Å²) in [6.45, 7) is 9.57. The Labute approximate surface area is 125 Å². The predicted octanol–water partition coefficient (Wildman–Crippen LogP) is 0.843. The summed E-state index contributed by atoms with van der Waals surface area (Å²) < 4.78 is 0. The molecule has 0 bridgehead atoms. The largest absolute Gasteiger partial charge is 0.396 e. The smallest absolute Gasteiger partial charge is 0.345 e. The van der Waals surface area contributed by atoms with Crippen molar-refractivity contribution in [3.05, 3.63) is 27.4 Å². The SMILES string of the molecule is Cc1nc(=O)[nH]c(C)c1CC(=O)NC(CCO)C(C)(C)C. The molecule has 118 valence electrons. The third-order valence-electron chi connectivity index (χ3n) is 3.59. The molecule has 1 amide bonds. The van der Waals surface area contributed by atoms with E-state index in [1.165, 1.54) is 0 Å². The second-order valence-corrected chi connectivity index (χ2v) is 6.41. The van der Waals surface area contributed by atoms with Crippen LogP contribution in [0.1, 0.15) is 44.1 Å². The lowest BCUT2D eigenvalue weighted by atomic mass is 9.85. The van der Waals surface area contributed by atoms with Crippen molar-refractivity contribution < 1.29 is 9.90 Å². The number of carbonyl (C=O) groups is 1. The van der Waals surface area contributed by atoms with E-state index in [0.717, 1.165) is 5.56 Å². The second-order valence-electron chi connectivity index (χ2n) is 6.41. The van der Waals surface area contributed by atoms with Crippen LogP contribution in [0.15, 0.2) is 4.79 Å². The maximum Gasteiger partial charge on any atom is 0.345 e. The summed E-state index contributed by atoms with van der Waals surface area (Å²) >= 11 is 0. The summed E-state index contributed by atoms with van der Waals surface area (Å²) in [5.41, 5.74) is 1.44. The molecular formula is C15H25N3O3. The van der Waals surface area contributed by atoms with E-state index in [-0.39, 0.29) is 30.4 Å². The molecule has 1 heterocycles. The van der Waals surface area contributed by atoms with Crippen molar-refractivity contribution in [2.45, 2.75) is 53.5 Å². The molecule has 0 saturated carbocycles. The highest BCUT2D eigenvalue weighted by atomic mass is 16.3. The molecule has 0 spiro atoms. The molecule has 0 fully saturated rings. The van der Waals surface area contributed by atoms with Gasteiger partial charge in [-0.1, -0.05) is 20.8 Å². The molecule has 3 N–H and O–H groups in total. The number of carbonyl (C=O) groups excluding carboxylic acids is 1. The van der Waals surface area contributed by atoms with Crippen LogP contribution in [-0.2, 0) is 11.2 Å². The topological polar surface area (TPSA) is 95.1 Å². The first-order valence-corrected chi connectivity index (χ1v) is 7.11. The first-order chi connectivity index (χ1) is 9.65. The normalized spacial score (nSPS) is 13.0. The van der Waals surface area contributed by atoms with Gasteiger partial charge in [-0.05, 0) is 25.7 Å². The van der Waals surface area contributed by atoms with Crippen LogP contribution < -0.4 is 11.0 Å². The maximum atomic E-state index is 12.2. The number of nitrogens with zero attached hydrogens (tertiary/aromatic N) is 1. The first-order valence-electron chi connectivity index (χ1n) is 7.11. The Hall–Kier alpha value is -1.69. The predicted molar refractivity (Wildman–Crippen MR) is 81.1 cm³/mol. The van der Waals surface area contributed by atoms with E-state index < -0.39 is 5.69 Å². The molecule has 0 aromatic carbocycles. The van der Waals surface area contributed by atoms with Gasteiger partial charge in [0, 0.05) is 29.6 Å². The van der Waals surface area contributed by atoms with Crippen LogP contribution in [0.3, 0.4) is 0 Å². The highest BCUT2D eigenvalue weighted by molar-refractivity contribution is 5.79. The number of hydrogen-bond acceptors (Lipinski definition) is 4. The molecule has 1 atom stereocenters. The lowest BCUT2D eigenvalue weighted by Gasteiger charge is -2.31. The van der Waals surface area contributed by atoms with Gasteiger partial charge in [0.15, 0.2) is 0 Å². The summed E-state index contributed by atoms with van der Waals surface area (Å²) in [6, 6.07) is -0.105. The number of aromatic nitrogens is 2. The van der Waals surface area contributed by atoms with Crippen molar-refractivity contribution in [2.24, 2.45) is 5.41 Å². The monoisotopic (exact) mass is 295 g/mol. The summed E-state index contributed by atoms with van der Waals surface area (Å²) in [5.74, 6) is -0.136. The molecule has 6 heteroatoms. The minimum Gasteiger partial charge on any atom is -0.396 e. The van der Waals surface area contributed by atoms with Crippen LogP contribution in [0.25, 0.3) is 0 Å². The van der Waals surface area contributed by atoms with Crippen LogP contribution >= 0.6 is 0 Å². The zero-order chi connectivity index (χ0) is 16.2. The molecule has 6 nitrogen and oxygen atoms in total. The zero-order valence-corrected chi connectivity index (χ0v) is 13.4. The van der Waals surface area contributed by atoms with Crippen molar-refractivity contribution in [3.8, 4) is 0 Å². The van der Waals surface area contributed by atoms with Gasteiger partial charge in [0.25, 0.3) is 0 Å². The lowest BCUT2D eigenvalue weighted by molar-refractivity contribution is -0.122. The highest BCUT2D eigenvalue weighted by Crippen LogP contribution is 2.21. The Balaban J connectivity index is 2.84. The Morgan fingerprint density at radius 3 is 2.48 bits per heavy atom. The van der Waals surface area contributed by atoms with E-state index in [1.54, 1.807) is 13.8 Å². The second kappa shape index (κ2) is 6.85. The van der Waals surface area contributed by atoms with Gasteiger partial charge in [-0.25, -0.2) is 4.79 Å². The van der Waals surface area contributed by atoms with Gasteiger partial charge in [0.1, 0.15) is 0 Å². The van der Waals surface area contributed by atoms with Crippen LogP contribution in [0.5, 0.6) is 0 Å². The van der Waals surface area contributed by atoms with Crippen LogP contribution in [0.2, 0.25) is 0 Å². The molecule has 0 saturated heterocycles. The van der Waals surface area contributed by atoms with Crippen LogP contribution in [0.4, 0.5) is 0 Å². The minimum atomic E-state index is -0.401. The average Bonchev–Trinajstić information content (AvgIpc) is 2.32. The van der Waals surface area contributed by atoms with Gasteiger partial charge in [0.2, 0.25) is 5.91 Å². The number of aryl methyl sites for hydroxylation is 2. The maximum absolute atomic E-state index is 12.2. The zero-order valence-electron chi connectivity index (χ0n) is 13.4. The third-order valence-corrected chi connectivity index (χ3v) is 3.59. The van der Waals surface area contributed by atoms with Gasteiger partial charge in [-0.2, -0.15) is 4.98 Å². The van der Waals surface area contributed by atoms with Gasteiger partial charge >= 0.3 is 5.69 Å². The summed E-state index contributed by atoms with van der Waals surface area (Å²) in [5, 5.41) is 12.1.